The molecule has 3 heteroatoms. The Morgan fingerprint density at radius 2 is 2.00 bits per heavy atom. The lowest BCUT2D eigenvalue weighted by Crippen LogP contribution is -2.23. The number of ether oxygens (including phenoxy) is 1. The lowest BCUT2D eigenvalue weighted by molar-refractivity contribution is 0.0202. The molecule has 1 fully saturated rings. The summed E-state index contributed by atoms with van der Waals surface area (Å²) in [7, 11) is 0. The summed E-state index contributed by atoms with van der Waals surface area (Å²) in [6, 6.07) is 0. The van der Waals surface area contributed by atoms with Gasteiger partial charge < -0.3 is 10.1 Å². The SMILES string of the molecule is CC1CCNCC(C)O1.Cl. The molecule has 1 aliphatic rings. The fraction of sp³-hybridized carbons (Fsp3) is 1.00. The van der Waals surface area contributed by atoms with Crippen molar-refractivity contribution in [1.29, 1.82) is 0 Å². The summed E-state index contributed by atoms with van der Waals surface area (Å²) < 4.78 is 5.55. The minimum Gasteiger partial charge on any atom is -0.374 e. The predicted octanol–water partition coefficient (Wildman–Crippen LogP) is 1.20. The van der Waals surface area contributed by atoms with E-state index in [-0.39, 0.29) is 12.4 Å². The largest absolute Gasteiger partial charge is 0.374 e. The molecular formula is C7H16ClNO. The second-order valence-corrected chi connectivity index (χ2v) is 2.75. The van der Waals surface area contributed by atoms with Gasteiger partial charge in [-0.1, -0.05) is 0 Å². The average molecular weight is 166 g/mol. The molecule has 1 heterocycles. The second-order valence-electron chi connectivity index (χ2n) is 2.75. The number of hydrogen-bond acceptors (Lipinski definition) is 2. The number of hydrogen-bond donors (Lipinski definition) is 1. The van der Waals surface area contributed by atoms with Crippen molar-refractivity contribution in [3.8, 4) is 0 Å². The van der Waals surface area contributed by atoms with Crippen LogP contribution in [-0.2, 0) is 4.74 Å². The first kappa shape index (κ1) is 10.2. The summed E-state index contributed by atoms with van der Waals surface area (Å²) in [6.07, 6.45) is 1.97. The highest BCUT2D eigenvalue weighted by Gasteiger charge is 2.11. The Labute approximate surface area is 68.7 Å². The molecule has 10 heavy (non-hydrogen) atoms. The Balaban J connectivity index is 0.000000810. The maximum atomic E-state index is 5.55. The average Bonchev–Trinajstić information content (AvgIpc) is 1.93. The maximum absolute atomic E-state index is 5.55. The molecule has 0 aliphatic carbocycles. The van der Waals surface area contributed by atoms with Gasteiger partial charge in [0.05, 0.1) is 12.2 Å². The van der Waals surface area contributed by atoms with Crippen LogP contribution < -0.4 is 5.32 Å². The zero-order chi connectivity index (χ0) is 6.69. The molecule has 2 unspecified atom stereocenters. The second kappa shape index (κ2) is 4.94. The monoisotopic (exact) mass is 165 g/mol. The Hall–Kier alpha value is 0.210. The van der Waals surface area contributed by atoms with Crippen LogP contribution in [0.5, 0.6) is 0 Å². The van der Waals surface area contributed by atoms with Crippen molar-refractivity contribution in [1.82, 2.24) is 5.32 Å². The van der Waals surface area contributed by atoms with Crippen LogP contribution in [0.4, 0.5) is 0 Å². The summed E-state index contributed by atoms with van der Waals surface area (Å²) in [6.45, 7) is 6.34. The molecule has 1 N–H and O–H groups in total. The third-order valence-electron chi connectivity index (χ3n) is 1.62. The fourth-order valence-electron chi connectivity index (χ4n) is 1.12. The highest BCUT2D eigenvalue weighted by atomic mass is 35.5. The van der Waals surface area contributed by atoms with Gasteiger partial charge >= 0.3 is 0 Å². The Kier molecular flexibility index (Phi) is 5.04. The number of rotatable bonds is 0. The van der Waals surface area contributed by atoms with Crippen molar-refractivity contribution in [3.05, 3.63) is 0 Å². The summed E-state index contributed by atoms with van der Waals surface area (Å²) in [5.74, 6) is 0. The first-order valence-electron chi connectivity index (χ1n) is 3.65. The maximum Gasteiger partial charge on any atom is 0.0674 e. The minimum atomic E-state index is 0. The van der Waals surface area contributed by atoms with Gasteiger partial charge in [-0.05, 0) is 26.8 Å². The molecule has 62 valence electrons. The Morgan fingerprint density at radius 3 is 2.70 bits per heavy atom. The lowest BCUT2D eigenvalue weighted by Gasteiger charge is -2.12. The molecule has 0 aromatic heterocycles. The van der Waals surface area contributed by atoms with E-state index in [0.29, 0.717) is 12.2 Å². The van der Waals surface area contributed by atoms with Crippen molar-refractivity contribution in [2.75, 3.05) is 13.1 Å². The lowest BCUT2D eigenvalue weighted by atomic mass is 10.3. The van der Waals surface area contributed by atoms with E-state index < -0.39 is 0 Å². The molecule has 0 saturated carbocycles. The molecule has 1 rings (SSSR count). The van der Waals surface area contributed by atoms with E-state index >= 15 is 0 Å². The number of halogens is 1. The molecule has 0 amide bonds. The zero-order valence-electron chi connectivity index (χ0n) is 6.59. The van der Waals surface area contributed by atoms with Gasteiger partial charge in [0, 0.05) is 6.54 Å². The molecule has 2 atom stereocenters. The predicted molar refractivity (Wildman–Crippen MR) is 44.7 cm³/mol. The molecule has 1 aliphatic heterocycles. The first-order valence-corrected chi connectivity index (χ1v) is 3.65. The van der Waals surface area contributed by atoms with Crippen LogP contribution in [-0.4, -0.2) is 25.3 Å². The van der Waals surface area contributed by atoms with Gasteiger partial charge in [-0.25, -0.2) is 0 Å². The van der Waals surface area contributed by atoms with E-state index in [1.807, 2.05) is 0 Å². The molecule has 0 bridgehead atoms. The summed E-state index contributed by atoms with van der Waals surface area (Å²) in [4.78, 5) is 0. The van der Waals surface area contributed by atoms with Gasteiger partial charge in [-0.15, -0.1) is 12.4 Å². The van der Waals surface area contributed by atoms with E-state index in [1.165, 1.54) is 0 Å². The Morgan fingerprint density at radius 1 is 1.30 bits per heavy atom. The van der Waals surface area contributed by atoms with E-state index in [4.69, 9.17) is 4.74 Å². The van der Waals surface area contributed by atoms with E-state index in [9.17, 15) is 0 Å². The summed E-state index contributed by atoms with van der Waals surface area (Å²) in [5.41, 5.74) is 0. The van der Waals surface area contributed by atoms with Crippen LogP contribution in [0.3, 0.4) is 0 Å². The van der Waals surface area contributed by atoms with Crippen molar-refractivity contribution >= 4 is 12.4 Å². The van der Waals surface area contributed by atoms with Crippen LogP contribution in [0.25, 0.3) is 0 Å². The molecule has 0 aromatic rings. The third-order valence-corrected chi connectivity index (χ3v) is 1.62. The van der Waals surface area contributed by atoms with Crippen LogP contribution >= 0.6 is 12.4 Å². The van der Waals surface area contributed by atoms with Gasteiger partial charge in [0.25, 0.3) is 0 Å². The van der Waals surface area contributed by atoms with Gasteiger partial charge in [0.2, 0.25) is 0 Å². The Bertz CT molecular complexity index is 79.7. The minimum absolute atomic E-state index is 0. The van der Waals surface area contributed by atoms with Crippen molar-refractivity contribution < 1.29 is 4.74 Å². The van der Waals surface area contributed by atoms with E-state index in [2.05, 4.69) is 19.2 Å². The molecule has 2 nitrogen and oxygen atoms in total. The van der Waals surface area contributed by atoms with Crippen LogP contribution in [0.2, 0.25) is 0 Å². The normalized spacial score (nSPS) is 34.2. The quantitative estimate of drug-likeness (QED) is 0.583. The zero-order valence-corrected chi connectivity index (χ0v) is 7.41. The molecule has 0 aromatic carbocycles. The molecule has 0 radical (unpaired) electrons. The van der Waals surface area contributed by atoms with Crippen LogP contribution in [0.1, 0.15) is 20.3 Å². The van der Waals surface area contributed by atoms with Gasteiger partial charge in [-0.3, -0.25) is 0 Å². The van der Waals surface area contributed by atoms with Gasteiger partial charge in [0.15, 0.2) is 0 Å². The van der Waals surface area contributed by atoms with Crippen LogP contribution in [0.15, 0.2) is 0 Å². The fourth-order valence-corrected chi connectivity index (χ4v) is 1.12. The highest BCUT2D eigenvalue weighted by molar-refractivity contribution is 5.85. The van der Waals surface area contributed by atoms with Crippen molar-refractivity contribution in [2.24, 2.45) is 0 Å². The smallest absolute Gasteiger partial charge is 0.0674 e. The number of nitrogens with one attached hydrogen (secondary N) is 1. The standard InChI is InChI=1S/C7H15NO.ClH/c1-6-3-4-8-5-7(2)9-6;/h6-8H,3-5H2,1-2H3;1H. The topological polar surface area (TPSA) is 21.3 Å². The highest BCUT2D eigenvalue weighted by Crippen LogP contribution is 2.03. The summed E-state index contributed by atoms with van der Waals surface area (Å²) >= 11 is 0. The van der Waals surface area contributed by atoms with E-state index in [0.717, 1.165) is 19.5 Å². The summed E-state index contributed by atoms with van der Waals surface area (Å²) in [5, 5.41) is 3.30. The molecular weight excluding hydrogens is 150 g/mol. The van der Waals surface area contributed by atoms with Gasteiger partial charge in [-0.2, -0.15) is 0 Å². The van der Waals surface area contributed by atoms with Crippen molar-refractivity contribution in [3.63, 3.8) is 0 Å². The van der Waals surface area contributed by atoms with Crippen LogP contribution in [0, 0.1) is 0 Å². The van der Waals surface area contributed by atoms with E-state index in [1.54, 1.807) is 0 Å². The first-order chi connectivity index (χ1) is 4.29. The molecule has 1 saturated heterocycles. The third kappa shape index (κ3) is 3.40. The van der Waals surface area contributed by atoms with Crippen molar-refractivity contribution in [2.45, 2.75) is 32.5 Å². The van der Waals surface area contributed by atoms with Gasteiger partial charge in [0.1, 0.15) is 0 Å². The molecule has 0 spiro atoms.